The van der Waals surface area contributed by atoms with Crippen LogP contribution in [-0.4, -0.2) is 16.1 Å². The van der Waals surface area contributed by atoms with Crippen molar-refractivity contribution < 1.29 is 0 Å². The molecule has 2 aliphatic rings. The Hall–Kier alpha value is 0.174. The van der Waals surface area contributed by atoms with E-state index in [1.807, 2.05) is 0 Å². The quantitative estimate of drug-likeness (QED) is 0.500. The second-order valence-corrected chi connectivity index (χ2v) is 18.9. The summed E-state index contributed by atoms with van der Waals surface area (Å²) in [7, 11) is -1.80. The lowest BCUT2D eigenvalue weighted by Gasteiger charge is -2.38. The molecule has 0 aliphatic heterocycles. The van der Waals surface area contributed by atoms with Crippen molar-refractivity contribution in [3.05, 3.63) is 12.2 Å². The number of fused-ring (bicyclic) bond motifs is 2. The molecule has 1 fully saturated rings. The largest absolute Gasteiger partial charge is 0.0851 e. The average molecular weight is 239 g/mol. The fourth-order valence-corrected chi connectivity index (χ4v) is 18.5. The van der Waals surface area contributed by atoms with Crippen LogP contribution in [-0.2, 0) is 0 Å². The molecular formula is C13H26Si2. The van der Waals surface area contributed by atoms with Crippen molar-refractivity contribution in [2.45, 2.75) is 56.8 Å². The smallest absolute Gasteiger partial charge is 0.0484 e. The van der Waals surface area contributed by atoms with Gasteiger partial charge >= 0.3 is 0 Å². The zero-order valence-electron chi connectivity index (χ0n) is 11.0. The molecule has 0 N–H and O–H groups in total. The molecule has 0 saturated heterocycles. The fraction of sp³-hybridized carbons (Fsp3) is 0.846. The molecule has 2 aliphatic carbocycles. The molecule has 3 atom stereocenters. The summed E-state index contributed by atoms with van der Waals surface area (Å²) in [6.45, 7) is 13.0. The molecule has 2 bridgehead atoms. The van der Waals surface area contributed by atoms with Gasteiger partial charge in [-0.15, -0.1) is 0 Å². The van der Waals surface area contributed by atoms with Crippen LogP contribution >= 0.6 is 0 Å². The zero-order chi connectivity index (χ0) is 11.3. The van der Waals surface area contributed by atoms with E-state index in [-0.39, 0.29) is 0 Å². The predicted molar refractivity (Wildman–Crippen MR) is 74.7 cm³/mol. The van der Waals surface area contributed by atoms with Crippen molar-refractivity contribution in [1.29, 1.82) is 0 Å². The lowest BCUT2D eigenvalue weighted by molar-refractivity contribution is 0.673. The van der Waals surface area contributed by atoms with Gasteiger partial charge in [-0.25, -0.2) is 0 Å². The Morgan fingerprint density at radius 3 is 2.07 bits per heavy atom. The Kier molecular flexibility index (Phi) is 2.79. The second-order valence-electron chi connectivity index (χ2n) is 7.61. The highest BCUT2D eigenvalue weighted by molar-refractivity contribution is 6.95. The molecule has 0 aromatic heterocycles. The van der Waals surface area contributed by atoms with Gasteiger partial charge in [0.15, 0.2) is 0 Å². The first kappa shape index (κ1) is 11.7. The van der Waals surface area contributed by atoms with Crippen molar-refractivity contribution in [2.24, 2.45) is 11.8 Å². The highest BCUT2D eigenvalue weighted by atomic mass is 28.4. The van der Waals surface area contributed by atoms with Crippen molar-refractivity contribution in [1.82, 2.24) is 0 Å². The van der Waals surface area contributed by atoms with E-state index >= 15 is 0 Å². The summed E-state index contributed by atoms with van der Waals surface area (Å²) in [6, 6.07) is 0. The third-order valence-corrected chi connectivity index (χ3v) is 14.8. The van der Waals surface area contributed by atoms with Crippen LogP contribution in [0.25, 0.3) is 0 Å². The van der Waals surface area contributed by atoms with Gasteiger partial charge in [0.1, 0.15) is 0 Å². The van der Waals surface area contributed by atoms with E-state index < -0.39 is 16.1 Å². The van der Waals surface area contributed by atoms with Crippen molar-refractivity contribution >= 4 is 16.1 Å². The second kappa shape index (κ2) is 3.59. The molecule has 15 heavy (non-hydrogen) atoms. The van der Waals surface area contributed by atoms with E-state index in [4.69, 9.17) is 0 Å². The van der Waals surface area contributed by atoms with Gasteiger partial charge < -0.3 is 0 Å². The van der Waals surface area contributed by atoms with Crippen LogP contribution in [0.1, 0.15) is 12.8 Å². The predicted octanol–water partition coefficient (Wildman–Crippen LogP) is 4.54. The van der Waals surface area contributed by atoms with Crippen LogP contribution in [0.4, 0.5) is 0 Å². The number of hydrogen-bond donors (Lipinski definition) is 0. The lowest BCUT2D eigenvalue weighted by Crippen LogP contribution is -2.42. The Morgan fingerprint density at radius 2 is 1.67 bits per heavy atom. The number of allylic oxidation sites excluding steroid dienone is 2. The Labute approximate surface area is 97.2 Å². The van der Waals surface area contributed by atoms with Crippen LogP contribution in [0.2, 0.25) is 43.9 Å². The molecule has 0 aromatic rings. The first-order valence-electron chi connectivity index (χ1n) is 6.46. The Bertz CT molecular complexity index is 273. The molecule has 86 valence electrons. The number of rotatable bonds is 3. The zero-order valence-corrected chi connectivity index (χ0v) is 13.0. The summed E-state index contributed by atoms with van der Waals surface area (Å²) in [5.74, 6) is 1.95. The van der Waals surface area contributed by atoms with E-state index in [2.05, 4.69) is 44.9 Å². The van der Waals surface area contributed by atoms with Gasteiger partial charge in [-0.05, 0) is 30.2 Å². The van der Waals surface area contributed by atoms with Gasteiger partial charge in [-0.1, -0.05) is 50.6 Å². The minimum Gasteiger partial charge on any atom is -0.0851 e. The van der Waals surface area contributed by atoms with Gasteiger partial charge in [-0.2, -0.15) is 0 Å². The highest BCUT2D eigenvalue weighted by Gasteiger charge is 2.46. The molecule has 2 heteroatoms. The summed E-state index contributed by atoms with van der Waals surface area (Å²) >= 11 is 0. The molecule has 0 radical (unpaired) electrons. The summed E-state index contributed by atoms with van der Waals surface area (Å²) in [5, 5.41) is 0. The molecule has 1 saturated carbocycles. The maximum absolute atomic E-state index is 2.66. The Morgan fingerprint density at radius 1 is 1.00 bits per heavy atom. The molecule has 0 nitrogen and oxygen atoms in total. The number of hydrogen-bond acceptors (Lipinski definition) is 0. The van der Waals surface area contributed by atoms with Gasteiger partial charge in [0, 0.05) is 16.1 Å². The first-order valence-corrected chi connectivity index (χ1v) is 13.5. The maximum Gasteiger partial charge on any atom is 0.0484 e. The minimum absolute atomic E-state index is 0.850. The topological polar surface area (TPSA) is 0 Å². The summed E-state index contributed by atoms with van der Waals surface area (Å²) in [4.78, 5) is 0. The normalized spacial score (nSPS) is 35.1. The lowest BCUT2D eigenvalue weighted by atomic mass is 10.1. The van der Waals surface area contributed by atoms with E-state index in [0.29, 0.717) is 0 Å². The van der Waals surface area contributed by atoms with E-state index in [0.717, 1.165) is 17.4 Å². The van der Waals surface area contributed by atoms with Gasteiger partial charge in [0.2, 0.25) is 0 Å². The first-order chi connectivity index (χ1) is 6.78. The van der Waals surface area contributed by atoms with Crippen LogP contribution in [0.15, 0.2) is 12.2 Å². The average Bonchev–Trinajstić information content (AvgIpc) is 2.58. The van der Waals surface area contributed by atoms with Gasteiger partial charge in [0.05, 0.1) is 0 Å². The summed E-state index contributed by atoms with van der Waals surface area (Å²) in [5.41, 5.74) is 2.74. The Balaban J connectivity index is 2.06. The molecule has 0 spiro atoms. The molecule has 0 heterocycles. The highest BCUT2D eigenvalue weighted by Crippen LogP contribution is 2.53. The third-order valence-electron chi connectivity index (χ3n) is 4.27. The fourth-order valence-electron chi connectivity index (χ4n) is 4.18. The molecule has 0 aromatic carbocycles. The van der Waals surface area contributed by atoms with Crippen molar-refractivity contribution in [3.63, 3.8) is 0 Å². The SMILES string of the molecule is C[Si](C)(C)C[Si](C)(C)[C@H]1CC2C=CC1C2. The van der Waals surface area contributed by atoms with Crippen LogP contribution in [0.5, 0.6) is 0 Å². The standard InChI is InChI=1S/C13H26Si2/c1-14(2,3)10-15(4,5)13-9-11-6-7-12(13)8-11/h6-7,11-13H,8-10H2,1-5H3/t11?,12?,13-/m0/s1. The molecule has 2 unspecified atom stereocenters. The summed E-state index contributed by atoms with van der Waals surface area (Å²) in [6.07, 6.45) is 8.05. The van der Waals surface area contributed by atoms with Crippen molar-refractivity contribution in [2.75, 3.05) is 0 Å². The third kappa shape index (κ3) is 2.47. The van der Waals surface area contributed by atoms with Gasteiger partial charge in [-0.3, -0.25) is 0 Å². The maximum atomic E-state index is 2.66. The van der Waals surface area contributed by atoms with Crippen LogP contribution < -0.4 is 0 Å². The summed E-state index contributed by atoms with van der Waals surface area (Å²) < 4.78 is 0. The van der Waals surface area contributed by atoms with Crippen molar-refractivity contribution in [3.8, 4) is 0 Å². The minimum atomic E-state index is -0.949. The monoisotopic (exact) mass is 238 g/mol. The van der Waals surface area contributed by atoms with E-state index in [1.54, 1.807) is 5.67 Å². The van der Waals surface area contributed by atoms with Crippen LogP contribution in [0.3, 0.4) is 0 Å². The van der Waals surface area contributed by atoms with Gasteiger partial charge in [0.25, 0.3) is 0 Å². The molecular weight excluding hydrogens is 212 g/mol. The molecule has 2 rings (SSSR count). The molecule has 0 amide bonds. The van der Waals surface area contributed by atoms with Crippen LogP contribution in [0, 0.1) is 11.8 Å². The van der Waals surface area contributed by atoms with E-state index in [1.165, 1.54) is 12.8 Å². The van der Waals surface area contributed by atoms with E-state index in [9.17, 15) is 0 Å².